The molecule has 6 rings (SSSR count). The summed E-state index contributed by atoms with van der Waals surface area (Å²) in [6, 6.07) is 7.97. The van der Waals surface area contributed by atoms with E-state index in [1.165, 1.54) is 24.8 Å². The number of aliphatic hydroxyl groups excluding tert-OH is 1. The van der Waals surface area contributed by atoms with Crippen molar-refractivity contribution in [2.45, 2.75) is 76.3 Å². The number of rotatable bonds is 7. The van der Waals surface area contributed by atoms with Crippen LogP contribution in [0.4, 0.5) is 13.2 Å². The molecule has 2 aliphatic heterocycles. The van der Waals surface area contributed by atoms with Crippen LogP contribution in [0, 0.1) is 17.3 Å². The molecule has 42 heavy (non-hydrogen) atoms. The number of benzene rings is 1. The van der Waals surface area contributed by atoms with Crippen molar-refractivity contribution in [3.05, 3.63) is 65.0 Å². The zero-order valence-corrected chi connectivity index (χ0v) is 24.5. The Bertz CT molecular complexity index is 1340. The van der Waals surface area contributed by atoms with Crippen molar-refractivity contribution in [1.82, 2.24) is 5.32 Å². The molecule has 228 valence electrons. The molecule has 1 spiro atoms. The van der Waals surface area contributed by atoms with E-state index in [1.54, 1.807) is 24.3 Å². The molecule has 10 heteroatoms. The molecule has 2 heterocycles. The van der Waals surface area contributed by atoms with Crippen molar-refractivity contribution in [2.24, 2.45) is 17.3 Å². The fourth-order valence-corrected chi connectivity index (χ4v) is 9.00. The highest BCUT2D eigenvalue weighted by Crippen LogP contribution is 2.67. The van der Waals surface area contributed by atoms with E-state index in [1.807, 2.05) is 6.08 Å². The second-order valence-electron chi connectivity index (χ2n) is 13.2. The smallest absolute Gasteiger partial charge is 0.504 e. The molecular formula is C32H40F3N2O5+. The Kier molecular flexibility index (Phi) is 7.06. The highest BCUT2D eigenvalue weighted by atomic mass is 19.4. The summed E-state index contributed by atoms with van der Waals surface area (Å²) in [5.74, 6) is -2.45. The Labute approximate surface area is 244 Å². The van der Waals surface area contributed by atoms with Crippen LogP contribution in [0.15, 0.2) is 59.4 Å². The van der Waals surface area contributed by atoms with Crippen LogP contribution in [0.25, 0.3) is 5.76 Å². The van der Waals surface area contributed by atoms with Gasteiger partial charge in [-0.2, -0.15) is 0 Å². The van der Waals surface area contributed by atoms with Gasteiger partial charge in [0.2, 0.25) is 5.76 Å². The summed E-state index contributed by atoms with van der Waals surface area (Å²) in [5, 5.41) is 13.4. The van der Waals surface area contributed by atoms with Gasteiger partial charge in [-0.25, -0.2) is 0 Å². The summed E-state index contributed by atoms with van der Waals surface area (Å²) in [4.78, 5) is 13.6. The van der Waals surface area contributed by atoms with Gasteiger partial charge in [-0.1, -0.05) is 56.7 Å². The molecule has 0 aromatic heterocycles. The van der Waals surface area contributed by atoms with Crippen LogP contribution in [0.1, 0.15) is 51.5 Å². The van der Waals surface area contributed by atoms with Gasteiger partial charge in [0.05, 0.1) is 32.3 Å². The van der Waals surface area contributed by atoms with Gasteiger partial charge in [-0.05, 0) is 30.1 Å². The molecule has 2 N–H and O–H groups in total. The quantitative estimate of drug-likeness (QED) is 0.187. The van der Waals surface area contributed by atoms with Crippen LogP contribution in [-0.2, 0) is 19.0 Å². The average molecular weight is 590 g/mol. The van der Waals surface area contributed by atoms with Gasteiger partial charge in [-0.3, -0.25) is 4.79 Å². The lowest BCUT2D eigenvalue weighted by Gasteiger charge is -2.62. The Hall–Kier alpha value is -2.82. The maximum absolute atomic E-state index is 13.6. The first kappa shape index (κ1) is 29.3. The molecule has 7 nitrogen and oxygen atoms in total. The largest absolute Gasteiger partial charge is 0.573 e. The molecule has 1 aromatic carbocycles. The number of likely N-dealkylation sites (tertiary alicyclic amines) is 1. The number of quaternary nitrogens is 1. The molecule has 3 fully saturated rings. The lowest BCUT2D eigenvalue weighted by atomic mass is 9.50. The van der Waals surface area contributed by atoms with Crippen molar-refractivity contribution in [3.63, 3.8) is 0 Å². The lowest BCUT2D eigenvalue weighted by Crippen LogP contribution is -2.69. The number of halogens is 3. The standard InChI is InChI=1S/C32H39F3N2O5/c1-19(2)18-37(3)16-15-30-22-11-8-12-24(30)41-28-25(30)21(17-23(22)37)13-14-31(28,40-4)36-29(39)27(42-32(33,34)35)26(38)20-9-6-5-7-10-20/h5-7,9-10,13-14,19,22-24,28H,8,11-12,15-18H2,1-4H3,(H-,36,38,39)/p+1/t22-,23+,24-,28?,30+,31?,37?/m0/s1. The Morgan fingerprint density at radius 3 is 2.64 bits per heavy atom. The fourth-order valence-electron chi connectivity index (χ4n) is 9.00. The number of ether oxygens (including phenoxy) is 3. The van der Waals surface area contributed by atoms with E-state index >= 15 is 0 Å². The number of methoxy groups -OCH3 is 1. The summed E-state index contributed by atoms with van der Waals surface area (Å²) in [6.07, 6.45) is 2.56. The van der Waals surface area contributed by atoms with Gasteiger partial charge in [0, 0.05) is 42.8 Å². The van der Waals surface area contributed by atoms with E-state index in [0.29, 0.717) is 17.9 Å². The van der Waals surface area contributed by atoms with Crippen molar-refractivity contribution in [2.75, 3.05) is 27.2 Å². The summed E-state index contributed by atoms with van der Waals surface area (Å²) in [5.41, 5.74) is 0.556. The molecule has 0 radical (unpaired) electrons. The normalized spacial score (nSPS) is 37.3. The Morgan fingerprint density at radius 2 is 1.98 bits per heavy atom. The number of carbonyl (C=O) groups excluding carboxylic acids is 1. The molecule has 2 bridgehead atoms. The van der Waals surface area contributed by atoms with E-state index in [4.69, 9.17) is 9.47 Å². The van der Waals surface area contributed by atoms with Gasteiger partial charge in [0.25, 0.3) is 5.91 Å². The van der Waals surface area contributed by atoms with E-state index < -0.39 is 35.6 Å². The number of allylic oxidation sites excluding steroid dienone is 1. The lowest BCUT2D eigenvalue weighted by molar-refractivity contribution is -0.948. The van der Waals surface area contributed by atoms with Gasteiger partial charge in [0.15, 0.2) is 11.5 Å². The van der Waals surface area contributed by atoms with Crippen molar-refractivity contribution in [3.8, 4) is 0 Å². The molecule has 1 aromatic rings. The molecule has 5 aliphatic rings. The first-order chi connectivity index (χ1) is 19.8. The molecular weight excluding hydrogens is 549 g/mol. The number of hydrogen-bond acceptors (Lipinski definition) is 5. The monoisotopic (exact) mass is 589 g/mol. The molecule has 7 atom stereocenters. The third kappa shape index (κ3) is 4.48. The second-order valence-corrected chi connectivity index (χ2v) is 13.2. The van der Waals surface area contributed by atoms with Gasteiger partial charge < -0.3 is 29.1 Å². The van der Waals surface area contributed by atoms with E-state index in [-0.39, 0.29) is 17.1 Å². The van der Waals surface area contributed by atoms with E-state index in [2.05, 4.69) is 30.9 Å². The number of carbonyl (C=O) groups is 1. The van der Waals surface area contributed by atoms with Crippen LogP contribution in [0.3, 0.4) is 0 Å². The highest BCUT2D eigenvalue weighted by Gasteiger charge is 2.71. The summed E-state index contributed by atoms with van der Waals surface area (Å²) in [7, 11) is 3.80. The van der Waals surface area contributed by atoms with Crippen molar-refractivity contribution >= 4 is 11.7 Å². The Morgan fingerprint density at radius 1 is 1.24 bits per heavy atom. The van der Waals surface area contributed by atoms with Crippen LogP contribution < -0.4 is 5.32 Å². The topological polar surface area (TPSA) is 77.0 Å². The summed E-state index contributed by atoms with van der Waals surface area (Å²) < 4.78 is 58.3. The number of alkyl halides is 3. The second kappa shape index (κ2) is 10.1. The predicted molar refractivity (Wildman–Crippen MR) is 149 cm³/mol. The van der Waals surface area contributed by atoms with E-state index in [9.17, 15) is 23.1 Å². The number of piperidine rings is 1. The minimum Gasteiger partial charge on any atom is -0.504 e. The van der Waals surface area contributed by atoms with Crippen LogP contribution in [0.2, 0.25) is 0 Å². The molecule has 1 saturated carbocycles. The third-order valence-electron chi connectivity index (χ3n) is 10.4. The molecule has 3 aliphatic carbocycles. The zero-order chi connectivity index (χ0) is 30.1. The number of nitrogens with one attached hydrogen (secondary N) is 1. The first-order valence-corrected chi connectivity index (χ1v) is 14.9. The van der Waals surface area contributed by atoms with Crippen LogP contribution in [0.5, 0.6) is 0 Å². The number of hydrogen-bond donors (Lipinski definition) is 2. The summed E-state index contributed by atoms with van der Waals surface area (Å²) in [6.45, 7) is 6.68. The minimum absolute atomic E-state index is 0.00974. The molecule has 2 saturated heterocycles. The number of aliphatic hydroxyl groups is 1. The number of amides is 1. The summed E-state index contributed by atoms with van der Waals surface area (Å²) >= 11 is 0. The first-order valence-electron chi connectivity index (χ1n) is 14.9. The van der Waals surface area contributed by atoms with Gasteiger partial charge in [-0.15, -0.1) is 13.2 Å². The minimum atomic E-state index is -5.21. The van der Waals surface area contributed by atoms with Crippen molar-refractivity contribution < 1.29 is 41.8 Å². The van der Waals surface area contributed by atoms with Crippen LogP contribution >= 0.6 is 0 Å². The SMILES string of the molecule is COC1(NC(=O)C(OC(F)(F)F)=C(O)c2ccccc2)C=CC2=C3C1O[C@H]1CCC[C@H]4[C@@H](C2)[N+](C)(CC(C)C)CC[C@]314. The molecule has 3 unspecified atom stereocenters. The van der Waals surface area contributed by atoms with Gasteiger partial charge >= 0.3 is 6.36 Å². The predicted octanol–water partition coefficient (Wildman–Crippen LogP) is 5.61. The zero-order valence-electron chi connectivity index (χ0n) is 24.5. The van der Waals surface area contributed by atoms with Gasteiger partial charge in [0.1, 0.15) is 6.10 Å². The Balaban J connectivity index is 1.39. The average Bonchev–Trinajstić information content (AvgIpc) is 3.29. The van der Waals surface area contributed by atoms with E-state index in [0.717, 1.165) is 55.2 Å². The van der Waals surface area contributed by atoms with Crippen LogP contribution in [-0.4, -0.2) is 73.1 Å². The maximum atomic E-state index is 13.6. The number of nitrogens with zero attached hydrogens (tertiary/aromatic N) is 1. The highest BCUT2D eigenvalue weighted by molar-refractivity contribution is 5.98. The fraction of sp³-hybridized carbons (Fsp3) is 0.594. The molecule has 1 amide bonds. The van der Waals surface area contributed by atoms with Crippen molar-refractivity contribution in [1.29, 1.82) is 0 Å². The third-order valence-corrected chi connectivity index (χ3v) is 10.4. The maximum Gasteiger partial charge on any atom is 0.573 e.